The number of hydrogen-bond donors (Lipinski definition) is 0. The number of thiocarbonyl (C=S) groups is 1. The van der Waals surface area contributed by atoms with Gasteiger partial charge in [-0.05, 0) is 60.0 Å². The molecule has 2 heterocycles. The smallest absolute Gasteiger partial charge is 0.266 e. The summed E-state index contributed by atoms with van der Waals surface area (Å²) in [6.45, 7) is 5.60. The number of hydrogen-bond acceptors (Lipinski definition) is 5. The van der Waals surface area contributed by atoms with E-state index in [0.717, 1.165) is 17.7 Å². The molecule has 0 saturated carbocycles. The summed E-state index contributed by atoms with van der Waals surface area (Å²) in [5, 5.41) is 3.56. The van der Waals surface area contributed by atoms with Crippen molar-refractivity contribution in [3.63, 3.8) is 0 Å². The summed E-state index contributed by atoms with van der Waals surface area (Å²) in [6.07, 6.45) is 6.23. The number of rotatable bonds is 5. The van der Waals surface area contributed by atoms with E-state index < -0.39 is 0 Å². The summed E-state index contributed by atoms with van der Waals surface area (Å²) in [7, 11) is 0. The molecule has 0 aromatic heterocycles. The number of nitrogens with zero attached hydrogens (tertiary/aromatic N) is 2. The van der Waals surface area contributed by atoms with Gasteiger partial charge in [-0.25, -0.2) is 0 Å². The van der Waals surface area contributed by atoms with Crippen LogP contribution >= 0.6 is 35.7 Å². The summed E-state index contributed by atoms with van der Waals surface area (Å²) in [5.74, 6) is -0.0171. The third kappa shape index (κ3) is 4.22. The van der Waals surface area contributed by atoms with Crippen LogP contribution in [0.3, 0.4) is 0 Å². The normalized spacial score (nSPS) is 18.6. The Labute approximate surface area is 214 Å². The molecule has 3 nitrogen and oxygen atoms in total. The molecule has 1 saturated heterocycles. The van der Waals surface area contributed by atoms with Gasteiger partial charge in [0.2, 0.25) is 0 Å². The van der Waals surface area contributed by atoms with Gasteiger partial charge in [-0.1, -0.05) is 96.4 Å². The molecule has 0 atom stereocenters. The van der Waals surface area contributed by atoms with Gasteiger partial charge in [0, 0.05) is 18.0 Å². The standard InChI is InChI=1S/C28H24N2OS3/c1-3-29-23-14-7-8-15-24(23)33-26(29)18-20(16-17-25-27(31)30(4-2)28(32)34-25)22-13-9-11-19-10-5-6-12-21(19)22/h5-18H,3-4H2,1-2H3. The molecular formula is C28H24N2OS3. The molecule has 170 valence electrons. The minimum atomic E-state index is -0.0171. The van der Waals surface area contributed by atoms with Crippen LogP contribution in [0.1, 0.15) is 19.4 Å². The van der Waals surface area contributed by atoms with E-state index in [1.165, 1.54) is 38.1 Å². The van der Waals surface area contributed by atoms with E-state index in [9.17, 15) is 4.79 Å². The number of fused-ring (bicyclic) bond motifs is 2. The van der Waals surface area contributed by atoms with Gasteiger partial charge >= 0.3 is 0 Å². The molecule has 34 heavy (non-hydrogen) atoms. The number of benzene rings is 3. The lowest BCUT2D eigenvalue weighted by atomic mass is 9.97. The lowest BCUT2D eigenvalue weighted by Crippen LogP contribution is -2.27. The van der Waals surface area contributed by atoms with Gasteiger partial charge in [0.25, 0.3) is 5.91 Å². The van der Waals surface area contributed by atoms with Crippen molar-refractivity contribution in [2.24, 2.45) is 0 Å². The molecule has 0 spiro atoms. The van der Waals surface area contributed by atoms with Crippen LogP contribution in [0.4, 0.5) is 5.69 Å². The Balaban J connectivity index is 1.64. The molecule has 0 unspecified atom stereocenters. The number of likely N-dealkylation sites (N-methyl/N-ethyl adjacent to an activating group) is 1. The van der Waals surface area contributed by atoms with E-state index in [4.69, 9.17) is 12.2 Å². The highest BCUT2D eigenvalue weighted by Crippen LogP contribution is 2.46. The SMILES string of the molecule is CCN1C(=O)C(=CC=C(C=C2Sc3ccccc3N2CC)c2cccc3ccccc23)SC1=S. The monoisotopic (exact) mass is 500 g/mol. The van der Waals surface area contributed by atoms with Crippen molar-refractivity contribution in [2.45, 2.75) is 18.7 Å². The molecule has 3 aromatic rings. The molecule has 0 N–H and O–H groups in total. The number of carbonyl (C=O) groups excluding carboxylic acids is 1. The average molecular weight is 501 g/mol. The Morgan fingerprint density at radius 2 is 1.65 bits per heavy atom. The number of allylic oxidation sites excluding steroid dienone is 4. The minimum Gasteiger partial charge on any atom is -0.335 e. The second-order valence-electron chi connectivity index (χ2n) is 7.89. The number of thioether (sulfide) groups is 2. The predicted molar refractivity (Wildman–Crippen MR) is 151 cm³/mol. The molecule has 3 aromatic carbocycles. The zero-order valence-corrected chi connectivity index (χ0v) is 21.5. The Bertz CT molecular complexity index is 1380. The van der Waals surface area contributed by atoms with Crippen LogP contribution in [0.25, 0.3) is 16.3 Å². The third-order valence-electron chi connectivity index (χ3n) is 5.94. The van der Waals surface area contributed by atoms with Gasteiger partial charge in [0.15, 0.2) is 0 Å². The van der Waals surface area contributed by atoms with Gasteiger partial charge in [-0.3, -0.25) is 9.69 Å². The van der Waals surface area contributed by atoms with Crippen LogP contribution in [-0.4, -0.2) is 28.2 Å². The first-order valence-electron chi connectivity index (χ1n) is 11.3. The van der Waals surface area contributed by atoms with E-state index in [2.05, 4.69) is 90.7 Å². The Morgan fingerprint density at radius 1 is 0.912 bits per heavy atom. The lowest BCUT2D eigenvalue weighted by molar-refractivity contribution is -0.122. The Kier molecular flexibility index (Phi) is 6.63. The van der Waals surface area contributed by atoms with Crippen molar-refractivity contribution in [3.05, 3.63) is 100 Å². The first-order chi connectivity index (χ1) is 16.6. The number of carbonyl (C=O) groups is 1. The average Bonchev–Trinajstić information content (AvgIpc) is 3.36. The third-order valence-corrected chi connectivity index (χ3v) is 8.45. The highest BCUT2D eigenvalue weighted by molar-refractivity contribution is 8.26. The van der Waals surface area contributed by atoms with Crippen molar-refractivity contribution in [3.8, 4) is 0 Å². The van der Waals surface area contributed by atoms with E-state index in [-0.39, 0.29) is 5.91 Å². The molecular weight excluding hydrogens is 477 g/mol. The molecule has 6 heteroatoms. The molecule has 1 amide bonds. The molecule has 5 rings (SSSR count). The summed E-state index contributed by atoms with van der Waals surface area (Å²) in [4.78, 5) is 18.7. The van der Waals surface area contributed by atoms with Crippen LogP contribution in [0, 0.1) is 0 Å². The van der Waals surface area contributed by atoms with Gasteiger partial charge in [-0.15, -0.1) is 0 Å². The van der Waals surface area contributed by atoms with Crippen LogP contribution in [-0.2, 0) is 4.79 Å². The predicted octanol–water partition coefficient (Wildman–Crippen LogP) is 7.46. The molecule has 0 radical (unpaired) electrons. The fraction of sp³-hybridized carbons (Fsp3) is 0.143. The molecule has 0 bridgehead atoms. The number of para-hydroxylation sites is 1. The van der Waals surface area contributed by atoms with Crippen molar-refractivity contribution in [2.75, 3.05) is 18.0 Å². The second-order valence-corrected chi connectivity index (χ2v) is 10.6. The van der Waals surface area contributed by atoms with E-state index in [1.54, 1.807) is 16.7 Å². The van der Waals surface area contributed by atoms with Gasteiger partial charge in [0.05, 0.1) is 15.6 Å². The minimum absolute atomic E-state index is 0.0171. The number of anilines is 1. The van der Waals surface area contributed by atoms with Gasteiger partial charge < -0.3 is 4.90 Å². The summed E-state index contributed by atoms with van der Waals surface area (Å²) < 4.78 is 0.621. The van der Waals surface area contributed by atoms with E-state index in [0.29, 0.717) is 15.8 Å². The second kappa shape index (κ2) is 9.82. The topological polar surface area (TPSA) is 23.6 Å². The summed E-state index contributed by atoms with van der Waals surface area (Å²) >= 11 is 8.56. The molecule has 1 fully saturated rings. The van der Waals surface area contributed by atoms with Gasteiger partial charge in [0.1, 0.15) is 4.32 Å². The van der Waals surface area contributed by atoms with Crippen molar-refractivity contribution in [1.29, 1.82) is 0 Å². The highest BCUT2D eigenvalue weighted by atomic mass is 32.2. The fourth-order valence-corrected chi connectivity index (χ4v) is 6.77. The first-order valence-corrected chi connectivity index (χ1v) is 13.3. The maximum atomic E-state index is 12.8. The summed E-state index contributed by atoms with van der Waals surface area (Å²) in [5.41, 5.74) is 3.44. The van der Waals surface area contributed by atoms with E-state index in [1.807, 2.05) is 13.0 Å². The van der Waals surface area contributed by atoms with Crippen molar-refractivity contribution < 1.29 is 4.79 Å². The van der Waals surface area contributed by atoms with Crippen LogP contribution in [0.15, 0.2) is 99.8 Å². The van der Waals surface area contributed by atoms with Crippen molar-refractivity contribution in [1.82, 2.24) is 4.90 Å². The number of amides is 1. The largest absolute Gasteiger partial charge is 0.335 e. The molecule has 0 aliphatic carbocycles. The fourth-order valence-electron chi connectivity index (χ4n) is 4.26. The van der Waals surface area contributed by atoms with Gasteiger partial charge in [-0.2, -0.15) is 0 Å². The Morgan fingerprint density at radius 3 is 2.44 bits per heavy atom. The lowest BCUT2D eigenvalue weighted by Gasteiger charge is -2.19. The van der Waals surface area contributed by atoms with Crippen LogP contribution in [0.5, 0.6) is 0 Å². The maximum Gasteiger partial charge on any atom is 0.266 e. The summed E-state index contributed by atoms with van der Waals surface area (Å²) in [6, 6.07) is 23.3. The first kappa shape index (κ1) is 23.0. The van der Waals surface area contributed by atoms with Crippen LogP contribution < -0.4 is 4.90 Å². The zero-order chi connectivity index (χ0) is 23.7. The quantitative estimate of drug-likeness (QED) is 0.267. The highest BCUT2D eigenvalue weighted by Gasteiger charge is 2.30. The molecule has 2 aliphatic rings. The Hall–Kier alpha value is -2.80. The molecule has 2 aliphatic heterocycles. The van der Waals surface area contributed by atoms with Crippen molar-refractivity contribution >= 4 is 68.0 Å². The maximum absolute atomic E-state index is 12.8. The van der Waals surface area contributed by atoms with Crippen LogP contribution in [0.2, 0.25) is 0 Å². The van der Waals surface area contributed by atoms with E-state index >= 15 is 0 Å². The zero-order valence-electron chi connectivity index (χ0n) is 19.0.